The zero-order valence-corrected chi connectivity index (χ0v) is 19.5. The van der Waals surface area contributed by atoms with Crippen LogP contribution in [0.1, 0.15) is 41.2 Å². The second-order valence-electron chi connectivity index (χ2n) is 9.40. The lowest BCUT2D eigenvalue weighted by atomic mass is 10.0. The third-order valence-corrected chi connectivity index (χ3v) is 6.66. The average molecular weight is 464 g/mol. The molecule has 0 aliphatic carbocycles. The van der Waals surface area contributed by atoms with Crippen LogP contribution in [-0.2, 0) is 33.9 Å². The van der Waals surface area contributed by atoms with Gasteiger partial charge in [-0.15, -0.1) is 0 Å². The van der Waals surface area contributed by atoms with Gasteiger partial charge < -0.3 is 33.7 Å². The molecular weight excluding hydrogens is 434 g/mol. The Bertz CT molecular complexity index is 1220. The highest BCUT2D eigenvalue weighted by atomic mass is 16.7. The number of alkyl carbamates (subject to hydrolysis) is 1. The van der Waals surface area contributed by atoms with E-state index in [2.05, 4.69) is 33.0 Å². The molecule has 2 aromatic carbocycles. The summed E-state index contributed by atoms with van der Waals surface area (Å²) in [6.07, 6.45) is -0.183. The molecule has 0 spiro atoms. The van der Waals surface area contributed by atoms with Crippen molar-refractivity contribution in [1.82, 2.24) is 14.8 Å². The first-order chi connectivity index (χ1) is 16.6. The Balaban J connectivity index is 1.50. The zero-order chi connectivity index (χ0) is 23.2. The highest BCUT2D eigenvalue weighted by molar-refractivity contribution is 5.93. The van der Waals surface area contributed by atoms with Crippen molar-refractivity contribution in [2.45, 2.75) is 44.6 Å². The number of rotatable bonds is 6. The maximum absolute atomic E-state index is 12.0. The minimum absolute atomic E-state index is 0.0627. The summed E-state index contributed by atoms with van der Waals surface area (Å²) < 4.78 is 26.3. The van der Waals surface area contributed by atoms with Gasteiger partial charge in [-0.1, -0.05) is 30.3 Å². The van der Waals surface area contributed by atoms with Gasteiger partial charge in [0.05, 0.1) is 30.5 Å². The molecule has 0 saturated carbocycles. The SMILES string of the molecule is CN(C)Cc1c2n(c3cc(C4OCCCO4)cc(OCc4ccccc4)c13)C[C@@H]1NC(=O)O[C@H]21. The van der Waals surface area contributed by atoms with Gasteiger partial charge in [0.15, 0.2) is 12.4 Å². The summed E-state index contributed by atoms with van der Waals surface area (Å²) in [4.78, 5) is 14.1. The number of ether oxygens (including phenoxy) is 4. The number of benzene rings is 2. The van der Waals surface area contributed by atoms with Crippen LogP contribution in [0.5, 0.6) is 5.75 Å². The fourth-order valence-corrected chi connectivity index (χ4v) is 5.27. The van der Waals surface area contributed by atoms with Crippen molar-refractivity contribution in [1.29, 1.82) is 0 Å². The Morgan fingerprint density at radius 2 is 1.94 bits per heavy atom. The quantitative estimate of drug-likeness (QED) is 0.598. The fraction of sp³-hybridized carbons (Fsp3) is 0.423. The molecule has 6 rings (SSSR count). The van der Waals surface area contributed by atoms with E-state index in [0.717, 1.165) is 45.5 Å². The van der Waals surface area contributed by atoms with E-state index in [-0.39, 0.29) is 18.2 Å². The molecule has 34 heavy (non-hydrogen) atoms. The van der Waals surface area contributed by atoms with E-state index in [0.29, 0.717) is 32.9 Å². The van der Waals surface area contributed by atoms with Crippen molar-refractivity contribution in [3.63, 3.8) is 0 Å². The summed E-state index contributed by atoms with van der Waals surface area (Å²) in [5, 5.41) is 4.01. The highest BCUT2D eigenvalue weighted by Gasteiger charge is 2.45. The van der Waals surface area contributed by atoms with Crippen LogP contribution in [0.2, 0.25) is 0 Å². The van der Waals surface area contributed by atoms with Gasteiger partial charge in [0.25, 0.3) is 0 Å². The van der Waals surface area contributed by atoms with Crippen LogP contribution in [-0.4, -0.2) is 48.9 Å². The molecule has 2 atom stereocenters. The average Bonchev–Trinajstić information content (AvgIpc) is 3.46. The van der Waals surface area contributed by atoms with Crippen LogP contribution in [0.3, 0.4) is 0 Å². The van der Waals surface area contributed by atoms with E-state index in [1.54, 1.807) is 0 Å². The first-order valence-electron chi connectivity index (χ1n) is 11.8. The van der Waals surface area contributed by atoms with Gasteiger partial charge in [-0.25, -0.2) is 4.79 Å². The Hall–Kier alpha value is -3.07. The summed E-state index contributed by atoms with van der Waals surface area (Å²) in [5.41, 5.74) is 5.26. The van der Waals surface area contributed by atoms with Crippen molar-refractivity contribution < 1.29 is 23.7 Å². The molecule has 3 aromatic rings. The number of carbonyl (C=O) groups excluding carboxylic acids is 1. The molecule has 2 fully saturated rings. The third kappa shape index (κ3) is 3.72. The lowest BCUT2D eigenvalue weighted by Crippen LogP contribution is -2.27. The number of hydrogen-bond donors (Lipinski definition) is 1. The van der Waals surface area contributed by atoms with Crippen LogP contribution >= 0.6 is 0 Å². The minimum Gasteiger partial charge on any atom is -0.488 e. The van der Waals surface area contributed by atoms with Gasteiger partial charge in [0.2, 0.25) is 0 Å². The van der Waals surface area contributed by atoms with Gasteiger partial charge >= 0.3 is 6.09 Å². The summed E-state index contributed by atoms with van der Waals surface area (Å²) >= 11 is 0. The summed E-state index contributed by atoms with van der Waals surface area (Å²) in [6.45, 7) is 3.16. The highest BCUT2D eigenvalue weighted by Crippen LogP contribution is 2.46. The summed E-state index contributed by atoms with van der Waals surface area (Å²) in [6, 6.07) is 14.3. The topological polar surface area (TPSA) is 74.2 Å². The molecule has 3 aliphatic heterocycles. The number of nitrogens with one attached hydrogen (secondary N) is 1. The van der Waals surface area contributed by atoms with Crippen molar-refractivity contribution in [2.75, 3.05) is 27.3 Å². The molecule has 3 aliphatic rings. The van der Waals surface area contributed by atoms with Crippen molar-refractivity contribution in [2.24, 2.45) is 0 Å². The molecule has 178 valence electrons. The minimum atomic E-state index is -0.419. The second-order valence-corrected chi connectivity index (χ2v) is 9.40. The largest absolute Gasteiger partial charge is 0.488 e. The molecule has 0 bridgehead atoms. The van der Waals surface area contributed by atoms with E-state index in [9.17, 15) is 4.79 Å². The summed E-state index contributed by atoms with van der Waals surface area (Å²) in [7, 11) is 4.09. The van der Waals surface area contributed by atoms with E-state index < -0.39 is 6.29 Å². The monoisotopic (exact) mass is 463 g/mol. The van der Waals surface area contributed by atoms with Crippen LogP contribution in [0.4, 0.5) is 4.79 Å². The third-order valence-electron chi connectivity index (χ3n) is 6.66. The first-order valence-corrected chi connectivity index (χ1v) is 11.8. The number of hydrogen-bond acceptors (Lipinski definition) is 6. The molecular formula is C26H29N3O5. The molecule has 2 saturated heterocycles. The fourth-order valence-electron chi connectivity index (χ4n) is 5.27. The van der Waals surface area contributed by atoms with Gasteiger partial charge in [-0.3, -0.25) is 0 Å². The maximum Gasteiger partial charge on any atom is 0.408 e. The van der Waals surface area contributed by atoms with E-state index in [4.69, 9.17) is 18.9 Å². The first kappa shape index (κ1) is 21.5. The Kier molecular flexibility index (Phi) is 5.44. The van der Waals surface area contributed by atoms with Crippen LogP contribution < -0.4 is 10.1 Å². The van der Waals surface area contributed by atoms with Gasteiger partial charge in [-0.05, 0) is 38.2 Å². The predicted molar refractivity (Wildman–Crippen MR) is 126 cm³/mol. The van der Waals surface area contributed by atoms with Crippen LogP contribution in [0.15, 0.2) is 42.5 Å². The van der Waals surface area contributed by atoms with Gasteiger partial charge in [0.1, 0.15) is 12.4 Å². The smallest absolute Gasteiger partial charge is 0.408 e. The number of amides is 1. The molecule has 8 nitrogen and oxygen atoms in total. The zero-order valence-electron chi connectivity index (χ0n) is 19.5. The summed E-state index contributed by atoms with van der Waals surface area (Å²) in [5.74, 6) is 0.793. The van der Waals surface area contributed by atoms with E-state index >= 15 is 0 Å². The van der Waals surface area contributed by atoms with Gasteiger partial charge in [-0.2, -0.15) is 0 Å². The van der Waals surface area contributed by atoms with Crippen LogP contribution in [0, 0.1) is 0 Å². The number of aromatic nitrogens is 1. The number of fused-ring (bicyclic) bond motifs is 5. The second kappa shape index (κ2) is 8.61. The van der Waals surface area contributed by atoms with Crippen molar-refractivity contribution in [3.8, 4) is 5.75 Å². The predicted octanol–water partition coefficient (Wildman–Crippen LogP) is 3.88. The van der Waals surface area contributed by atoms with Gasteiger partial charge in [0, 0.05) is 29.6 Å². The Morgan fingerprint density at radius 3 is 2.71 bits per heavy atom. The van der Waals surface area contributed by atoms with E-state index in [1.807, 2.05) is 38.4 Å². The molecule has 1 aromatic heterocycles. The normalized spacial score (nSPS) is 22.0. The van der Waals surface area contributed by atoms with Crippen molar-refractivity contribution in [3.05, 3.63) is 64.8 Å². The van der Waals surface area contributed by atoms with Crippen molar-refractivity contribution >= 4 is 17.0 Å². The molecule has 0 radical (unpaired) electrons. The number of carbonyl (C=O) groups is 1. The standard InChI is InChI=1S/C26H29N3O5/c1-28(2)13-18-22-20(29-14-19-24(23(18)29)34-26(30)27-19)11-17(25-31-9-6-10-32-25)12-21(22)33-15-16-7-4-3-5-8-16/h3-5,7-8,11-12,19,24-25H,6,9-10,13-15H2,1-2H3,(H,27,30)/t19-,24-/m0/s1. The Labute approximate surface area is 198 Å². The maximum atomic E-state index is 12.0. The molecule has 4 heterocycles. The Morgan fingerprint density at radius 1 is 1.15 bits per heavy atom. The molecule has 8 heteroatoms. The lowest BCUT2D eigenvalue weighted by Gasteiger charge is -2.24. The number of nitrogens with zero attached hydrogens (tertiary/aromatic N) is 2. The lowest BCUT2D eigenvalue weighted by molar-refractivity contribution is -0.183. The molecule has 1 N–H and O–H groups in total. The molecule has 1 amide bonds. The van der Waals surface area contributed by atoms with Crippen LogP contribution in [0.25, 0.3) is 10.9 Å². The van der Waals surface area contributed by atoms with E-state index in [1.165, 1.54) is 0 Å². The molecule has 0 unspecified atom stereocenters.